The fourth-order valence-corrected chi connectivity index (χ4v) is 5.35. The van der Waals surface area contributed by atoms with Gasteiger partial charge in [0.25, 0.3) is 0 Å². The zero-order chi connectivity index (χ0) is 26.7. The molecule has 1 aromatic carbocycles. The van der Waals surface area contributed by atoms with Crippen LogP contribution in [0.25, 0.3) is 0 Å². The molecule has 2 fully saturated rings. The summed E-state index contributed by atoms with van der Waals surface area (Å²) in [6.45, 7) is 1.77. The fraction of sp³-hybridized carbons (Fsp3) is 0.423. The van der Waals surface area contributed by atoms with Crippen molar-refractivity contribution in [2.24, 2.45) is 11.3 Å². The number of nitrogens with one attached hydrogen (secondary N) is 2. The lowest BCUT2D eigenvalue weighted by molar-refractivity contribution is -0.138. The Labute approximate surface area is 217 Å². The highest BCUT2D eigenvalue weighted by atomic mass is 19.2. The predicted molar refractivity (Wildman–Crippen MR) is 134 cm³/mol. The molecule has 0 unspecified atom stereocenters. The smallest absolute Gasteiger partial charge is 0.320 e. The van der Waals surface area contributed by atoms with Crippen molar-refractivity contribution in [3.05, 3.63) is 54.1 Å². The molecule has 2 aliphatic rings. The number of carbonyl (C=O) groups is 2. The number of amides is 1. The Morgan fingerprint density at radius 1 is 1.03 bits per heavy atom. The molecule has 1 spiro atoms. The van der Waals surface area contributed by atoms with E-state index in [4.69, 9.17) is 9.52 Å². The first-order valence-corrected chi connectivity index (χ1v) is 12.6. The number of hydrogen-bond donors (Lipinski definition) is 3. The number of pyridine rings is 1. The second-order valence-corrected chi connectivity index (χ2v) is 10.1. The third-order valence-corrected chi connectivity index (χ3v) is 7.57. The molecule has 1 amide bonds. The summed E-state index contributed by atoms with van der Waals surface area (Å²) in [7, 11) is 0. The molecule has 0 atom stereocenters. The lowest BCUT2D eigenvalue weighted by Gasteiger charge is -2.46. The number of hydrogen-bond acceptors (Lipinski definition) is 8. The van der Waals surface area contributed by atoms with E-state index in [0.29, 0.717) is 17.0 Å². The van der Waals surface area contributed by atoms with Crippen molar-refractivity contribution in [1.82, 2.24) is 15.2 Å². The van der Waals surface area contributed by atoms with E-state index in [1.165, 1.54) is 6.07 Å². The summed E-state index contributed by atoms with van der Waals surface area (Å²) in [6, 6.07) is 6.63. The number of anilines is 4. The summed E-state index contributed by atoms with van der Waals surface area (Å²) >= 11 is 0. The molecular weight excluding hydrogens is 498 g/mol. The number of halogens is 2. The van der Waals surface area contributed by atoms with Gasteiger partial charge in [0, 0.05) is 31.3 Å². The van der Waals surface area contributed by atoms with E-state index in [2.05, 4.69) is 30.7 Å². The zero-order valence-electron chi connectivity index (χ0n) is 20.6. The van der Waals surface area contributed by atoms with Crippen LogP contribution in [0.15, 0.2) is 40.9 Å². The van der Waals surface area contributed by atoms with Gasteiger partial charge in [-0.05, 0) is 74.1 Å². The standard InChI is InChI=1S/C26H28F2N6O4/c27-19-3-1-17(14-20(19)28)31-25-33-32-24(38-25)23(37)30-18-2-4-21(29-15-18)34-11-9-26(10-12-34)7-5-16(6-8-26)13-22(35)36/h1-4,14-16H,5-13H2,(H,30,37)(H,31,33)(H,35,36). The number of rotatable bonds is 7. The quantitative estimate of drug-likeness (QED) is 0.389. The van der Waals surface area contributed by atoms with Gasteiger partial charge in [0.15, 0.2) is 11.6 Å². The minimum absolute atomic E-state index is 0.145. The van der Waals surface area contributed by atoms with Gasteiger partial charge in [-0.15, -0.1) is 5.10 Å². The van der Waals surface area contributed by atoms with Crippen molar-refractivity contribution < 1.29 is 27.9 Å². The third kappa shape index (κ3) is 5.90. The monoisotopic (exact) mass is 526 g/mol. The highest BCUT2D eigenvalue weighted by Crippen LogP contribution is 2.47. The average Bonchev–Trinajstić information content (AvgIpc) is 3.37. The van der Waals surface area contributed by atoms with Gasteiger partial charge in [-0.1, -0.05) is 5.10 Å². The van der Waals surface area contributed by atoms with Crippen LogP contribution in [0.4, 0.5) is 32.0 Å². The Kier molecular flexibility index (Phi) is 7.21. The van der Waals surface area contributed by atoms with Crippen molar-refractivity contribution >= 4 is 35.1 Å². The van der Waals surface area contributed by atoms with Crippen molar-refractivity contribution in [2.45, 2.75) is 44.9 Å². The maximum Gasteiger partial charge on any atom is 0.320 e. The molecule has 1 aliphatic heterocycles. The maximum atomic E-state index is 13.4. The van der Waals surface area contributed by atoms with Crippen LogP contribution in [0.1, 0.15) is 55.6 Å². The van der Waals surface area contributed by atoms with Crippen LogP contribution in [0, 0.1) is 23.0 Å². The summed E-state index contributed by atoms with van der Waals surface area (Å²) < 4.78 is 31.7. The number of nitrogens with zero attached hydrogens (tertiary/aromatic N) is 4. The highest BCUT2D eigenvalue weighted by Gasteiger charge is 2.38. The Morgan fingerprint density at radius 3 is 2.42 bits per heavy atom. The lowest BCUT2D eigenvalue weighted by atomic mass is 9.65. The topological polar surface area (TPSA) is 133 Å². The van der Waals surface area contributed by atoms with E-state index < -0.39 is 23.5 Å². The number of aliphatic carboxylic acids is 1. The van der Waals surface area contributed by atoms with E-state index in [9.17, 15) is 18.4 Å². The third-order valence-electron chi connectivity index (χ3n) is 7.57. The van der Waals surface area contributed by atoms with E-state index >= 15 is 0 Å². The number of carboxylic acids is 1. The first kappa shape index (κ1) is 25.6. The van der Waals surface area contributed by atoms with Gasteiger partial charge in [0.2, 0.25) is 0 Å². The van der Waals surface area contributed by atoms with Crippen LogP contribution >= 0.6 is 0 Å². The molecule has 5 rings (SSSR count). The van der Waals surface area contributed by atoms with Crippen molar-refractivity contribution in [3.63, 3.8) is 0 Å². The molecule has 12 heteroatoms. The molecule has 1 saturated carbocycles. The minimum atomic E-state index is -1.03. The van der Waals surface area contributed by atoms with Gasteiger partial charge < -0.3 is 25.1 Å². The summed E-state index contributed by atoms with van der Waals surface area (Å²) in [5.41, 5.74) is 0.952. The van der Waals surface area contributed by atoms with Gasteiger partial charge in [-0.2, -0.15) is 0 Å². The summed E-state index contributed by atoms with van der Waals surface area (Å²) in [5.74, 6) is -2.54. The van der Waals surface area contributed by atoms with Gasteiger partial charge in [-0.3, -0.25) is 9.59 Å². The van der Waals surface area contributed by atoms with Crippen molar-refractivity contribution in [2.75, 3.05) is 28.6 Å². The molecule has 38 heavy (non-hydrogen) atoms. The van der Waals surface area contributed by atoms with Crippen molar-refractivity contribution in [3.8, 4) is 0 Å². The molecular formula is C26H28F2N6O4. The molecule has 3 N–H and O–H groups in total. The number of benzene rings is 1. The summed E-state index contributed by atoms with van der Waals surface area (Å²) in [4.78, 5) is 30.2. The van der Waals surface area contributed by atoms with E-state index in [-0.39, 0.29) is 24.0 Å². The van der Waals surface area contributed by atoms with Gasteiger partial charge in [0.1, 0.15) is 5.82 Å². The van der Waals surface area contributed by atoms with Gasteiger partial charge in [0.05, 0.1) is 11.9 Å². The summed E-state index contributed by atoms with van der Waals surface area (Å²) in [5, 5.41) is 21.7. The van der Waals surface area contributed by atoms with Crippen LogP contribution < -0.4 is 15.5 Å². The first-order valence-electron chi connectivity index (χ1n) is 12.6. The highest BCUT2D eigenvalue weighted by molar-refractivity contribution is 6.00. The number of carbonyl (C=O) groups excluding carboxylic acids is 1. The molecule has 3 aromatic rings. The largest absolute Gasteiger partial charge is 0.481 e. The Balaban J connectivity index is 1.12. The van der Waals surface area contributed by atoms with Crippen LogP contribution in [0.5, 0.6) is 0 Å². The van der Waals surface area contributed by atoms with Crippen LogP contribution in [-0.2, 0) is 4.79 Å². The Hall–Kier alpha value is -4.09. The SMILES string of the molecule is O=C(O)CC1CCC2(CC1)CCN(c1ccc(NC(=O)c3nnc(Nc4ccc(F)c(F)c4)o3)cn1)CC2. The van der Waals surface area contributed by atoms with Crippen LogP contribution in [0.3, 0.4) is 0 Å². The molecule has 2 aromatic heterocycles. The fourth-order valence-electron chi connectivity index (χ4n) is 5.35. The van der Waals surface area contributed by atoms with Gasteiger partial charge >= 0.3 is 23.8 Å². The second kappa shape index (κ2) is 10.7. The van der Waals surface area contributed by atoms with Crippen LogP contribution in [0.2, 0.25) is 0 Å². The van der Waals surface area contributed by atoms with Crippen molar-refractivity contribution in [1.29, 1.82) is 0 Å². The molecule has 200 valence electrons. The molecule has 3 heterocycles. The molecule has 0 bridgehead atoms. The van der Waals surface area contributed by atoms with Gasteiger partial charge in [-0.25, -0.2) is 13.8 Å². The number of carboxylic acid groups (broad SMARTS) is 1. The van der Waals surface area contributed by atoms with Crippen LogP contribution in [-0.4, -0.2) is 45.3 Å². The zero-order valence-corrected chi connectivity index (χ0v) is 20.6. The first-order chi connectivity index (χ1) is 18.3. The Morgan fingerprint density at radius 2 is 1.76 bits per heavy atom. The normalized spacial score (nSPS) is 17.4. The predicted octanol–water partition coefficient (Wildman–Crippen LogP) is 4.99. The maximum absolute atomic E-state index is 13.4. The van der Waals surface area contributed by atoms with E-state index in [0.717, 1.165) is 69.6 Å². The molecule has 10 nitrogen and oxygen atoms in total. The molecule has 1 saturated heterocycles. The Bertz CT molecular complexity index is 1300. The number of piperidine rings is 1. The van der Waals surface area contributed by atoms with E-state index in [1.807, 2.05) is 6.07 Å². The summed E-state index contributed by atoms with van der Waals surface area (Å²) in [6.07, 6.45) is 8.11. The molecule has 0 radical (unpaired) electrons. The van der Waals surface area contributed by atoms with E-state index in [1.54, 1.807) is 12.3 Å². The average molecular weight is 527 g/mol. The number of aromatic nitrogens is 3. The lowest BCUT2D eigenvalue weighted by Crippen LogP contribution is -2.42. The molecule has 1 aliphatic carbocycles. The second-order valence-electron chi connectivity index (χ2n) is 10.1. The minimum Gasteiger partial charge on any atom is -0.481 e.